The number of carbonyl (C=O) groups excluding carboxylic acids is 2. The number of amides is 1. The summed E-state index contributed by atoms with van der Waals surface area (Å²) in [6.45, 7) is 3.52. The quantitative estimate of drug-likeness (QED) is 0.781. The first-order valence-corrected chi connectivity index (χ1v) is 7.90. The Morgan fingerprint density at radius 3 is 2.64 bits per heavy atom. The van der Waals surface area contributed by atoms with E-state index in [1.807, 2.05) is 31.2 Å². The highest BCUT2D eigenvalue weighted by molar-refractivity contribution is 5.95. The molecule has 0 aliphatic rings. The molecular formula is C19H20FNO4. The van der Waals surface area contributed by atoms with E-state index in [0.29, 0.717) is 11.4 Å². The Balaban J connectivity index is 1.75. The summed E-state index contributed by atoms with van der Waals surface area (Å²) in [5.41, 5.74) is 1.27. The van der Waals surface area contributed by atoms with Gasteiger partial charge < -0.3 is 14.8 Å². The fourth-order valence-electron chi connectivity index (χ4n) is 2.08. The lowest BCUT2D eigenvalue weighted by Crippen LogP contribution is -2.30. The minimum absolute atomic E-state index is 0.0198. The molecule has 0 unspecified atom stereocenters. The predicted octanol–water partition coefficient (Wildman–Crippen LogP) is 3.47. The van der Waals surface area contributed by atoms with Crippen LogP contribution < -0.4 is 10.1 Å². The molecule has 0 aliphatic carbocycles. The van der Waals surface area contributed by atoms with E-state index in [1.165, 1.54) is 25.1 Å². The number of anilines is 1. The van der Waals surface area contributed by atoms with Gasteiger partial charge in [0, 0.05) is 5.69 Å². The molecule has 6 heteroatoms. The Bertz CT molecular complexity index is 748. The van der Waals surface area contributed by atoms with Gasteiger partial charge in [-0.15, -0.1) is 0 Å². The Kier molecular flexibility index (Phi) is 6.51. The van der Waals surface area contributed by atoms with E-state index in [0.717, 1.165) is 5.56 Å². The maximum atomic E-state index is 13.1. The second-order valence-corrected chi connectivity index (χ2v) is 5.50. The highest BCUT2D eigenvalue weighted by atomic mass is 19.1. The van der Waals surface area contributed by atoms with Gasteiger partial charge in [0.15, 0.2) is 6.10 Å². The minimum Gasteiger partial charge on any atom is -0.493 e. The van der Waals surface area contributed by atoms with Gasteiger partial charge >= 0.3 is 5.97 Å². The highest BCUT2D eigenvalue weighted by Gasteiger charge is 2.18. The number of ether oxygens (including phenoxy) is 2. The molecule has 1 N–H and O–H groups in total. The van der Waals surface area contributed by atoms with Crippen molar-refractivity contribution < 1.29 is 23.5 Å². The van der Waals surface area contributed by atoms with Crippen LogP contribution in [0.25, 0.3) is 0 Å². The average molecular weight is 345 g/mol. The number of esters is 1. The average Bonchev–Trinajstić information content (AvgIpc) is 2.56. The van der Waals surface area contributed by atoms with Crippen LogP contribution in [0.4, 0.5) is 10.1 Å². The van der Waals surface area contributed by atoms with Crippen LogP contribution >= 0.6 is 0 Å². The smallest absolute Gasteiger partial charge is 0.310 e. The van der Waals surface area contributed by atoms with Gasteiger partial charge in [-0.25, -0.2) is 4.39 Å². The van der Waals surface area contributed by atoms with Gasteiger partial charge in [-0.1, -0.05) is 24.3 Å². The lowest BCUT2D eigenvalue weighted by Gasteiger charge is -2.14. The number of para-hydroxylation sites is 1. The summed E-state index contributed by atoms with van der Waals surface area (Å²) >= 11 is 0. The van der Waals surface area contributed by atoms with Gasteiger partial charge in [-0.05, 0) is 43.7 Å². The molecule has 1 amide bonds. The van der Waals surface area contributed by atoms with Crippen LogP contribution in [0.2, 0.25) is 0 Å². The van der Waals surface area contributed by atoms with Crippen molar-refractivity contribution in [2.24, 2.45) is 0 Å². The normalized spacial score (nSPS) is 11.5. The molecule has 0 bridgehead atoms. The fourth-order valence-corrected chi connectivity index (χ4v) is 2.08. The number of hydrogen-bond acceptors (Lipinski definition) is 4. The van der Waals surface area contributed by atoms with Crippen LogP contribution in [-0.4, -0.2) is 24.6 Å². The minimum atomic E-state index is -0.991. The van der Waals surface area contributed by atoms with Gasteiger partial charge in [0.25, 0.3) is 5.91 Å². The Morgan fingerprint density at radius 2 is 1.92 bits per heavy atom. The van der Waals surface area contributed by atoms with Gasteiger partial charge in [0.05, 0.1) is 13.0 Å². The third-order valence-corrected chi connectivity index (χ3v) is 3.43. The van der Waals surface area contributed by atoms with Crippen molar-refractivity contribution in [2.75, 3.05) is 11.9 Å². The molecule has 0 aliphatic heterocycles. The van der Waals surface area contributed by atoms with Crippen LogP contribution in [0.15, 0.2) is 48.5 Å². The maximum absolute atomic E-state index is 13.1. The van der Waals surface area contributed by atoms with E-state index in [1.54, 1.807) is 6.07 Å². The molecule has 0 saturated heterocycles. The molecule has 2 aromatic rings. The van der Waals surface area contributed by atoms with Gasteiger partial charge in [0.2, 0.25) is 0 Å². The number of halogens is 1. The molecule has 2 rings (SSSR count). The second-order valence-electron chi connectivity index (χ2n) is 5.50. The zero-order valence-corrected chi connectivity index (χ0v) is 14.1. The summed E-state index contributed by atoms with van der Waals surface area (Å²) in [6.07, 6.45) is -0.972. The molecule has 0 heterocycles. The summed E-state index contributed by atoms with van der Waals surface area (Å²) in [5.74, 6) is -0.836. The molecule has 132 valence electrons. The standard InChI is InChI=1S/C19H20FNO4/c1-13-6-3-4-9-17(13)24-11-10-18(22)25-14(2)19(23)21-16-8-5-7-15(20)12-16/h3-9,12,14H,10-11H2,1-2H3,(H,21,23)/t14-/m1/s1. The van der Waals surface area contributed by atoms with Crippen LogP contribution in [0.5, 0.6) is 5.75 Å². The monoisotopic (exact) mass is 345 g/mol. The predicted molar refractivity (Wildman–Crippen MR) is 91.9 cm³/mol. The number of carbonyl (C=O) groups is 2. The Labute approximate surface area is 145 Å². The Morgan fingerprint density at radius 1 is 1.16 bits per heavy atom. The van der Waals surface area contributed by atoms with Gasteiger partial charge in [-0.3, -0.25) is 9.59 Å². The Hall–Kier alpha value is -2.89. The lowest BCUT2D eigenvalue weighted by molar-refractivity contribution is -0.153. The molecule has 2 aromatic carbocycles. The van der Waals surface area contributed by atoms with Crippen LogP contribution in [0.1, 0.15) is 18.9 Å². The van der Waals surface area contributed by atoms with E-state index in [4.69, 9.17) is 9.47 Å². The first-order chi connectivity index (χ1) is 12.0. The zero-order chi connectivity index (χ0) is 18.2. The van der Waals surface area contributed by atoms with E-state index >= 15 is 0 Å². The third kappa shape index (κ3) is 5.91. The third-order valence-electron chi connectivity index (χ3n) is 3.43. The van der Waals surface area contributed by atoms with E-state index in [-0.39, 0.29) is 13.0 Å². The van der Waals surface area contributed by atoms with Crippen LogP contribution in [0.3, 0.4) is 0 Å². The lowest BCUT2D eigenvalue weighted by atomic mass is 10.2. The summed E-state index contributed by atoms with van der Waals surface area (Å²) in [5, 5.41) is 2.49. The van der Waals surface area contributed by atoms with Gasteiger partial charge in [-0.2, -0.15) is 0 Å². The number of hydrogen-bond donors (Lipinski definition) is 1. The number of nitrogens with one attached hydrogen (secondary N) is 1. The summed E-state index contributed by atoms with van der Waals surface area (Å²) < 4.78 is 23.7. The summed E-state index contributed by atoms with van der Waals surface area (Å²) in [4.78, 5) is 23.8. The molecule has 0 aromatic heterocycles. The summed E-state index contributed by atoms with van der Waals surface area (Å²) in [7, 11) is 0. The summed E-state index contributed by atoms with van der Waals surface area (Å²) in [6, 6.07) is 12.9. The van der Waals surface area contributed by atoms with Crippen molar-refractivity contribution in [3.05, 3.63) is 59.9 Å². The van der Waals surface area contributed by atoms with Crippen LogP contribution in [-0.2, 0) is 14.3 Å². The second kappa shape index (κ2) is 8.82. The van der Waals surface area contributed by atoms with E-state index in [9.17, 15) is 14.0 Å². The van der Waals surface area contributed by atoms with Gasteiger partial charge in [0.1, 0.15) is 11.6 Å². The first-order valence-electron chi connectivity index (χ1n) is 7.90. The molecule has 0 fully saturated rings. The topological polar surface area (TPSA) is 64.6 Å². The SMILES string of the molecule is Cc1ccccc1OCCC(=O)O[C@H](C)C(=O)Nc1cccc(F)c1. The van der Waals surface area contributed by atoms with Crippen molar-refractivity contribution in [3.63, 3.8) is 0 Å². The molecule has 0 spiro atoms. The number of benzene rings is 2. The molecule has 5 nitrogen and oxygen atoms in total. The van der Waals surface area contributed by atoms with Crippen molar-refractivity contribution in [3.8, 4) is 5.75 Å². The van der Waals surface area contributed by atoms with Crippen LogP contribution in [0, 0.1) is 12.7 Å². The first kappa shape index (κ1) is 18.4. The van der Waals surface area contributed by atoms with Crippen molar-refractivity contribution in [2.45, 2.75) is 26.4 Å². The zero-order valence-electron chi connectivity index (χ0n) is 14.1. The number of aryl methyl sites for hydroxylation is 1. The largest absolute Gasteiger partial charge is 0.493 e. The van der Waals surface area contributed by atoms with Crippen molar-refractivity contribution in [1.29, 1.82) is 0 Å². The maximum Gasteiger partial charge on any atom is 0.310 e. The van der Waals surface area contributed by atoms with Crippen molar-refractivity contribution >= 4 is 17.6 Å². The fraction of sp³-hybridized carbons (Fsp3) is 0.263. The molecular weight excluding hydrogens is 325 g/mol. The van der Waals surface area contributed by atoms with E-state index in [2.05, 4.69) is 5.32 Å². The molecule has 25 heavy (non-hydrogen) atoms. The van der Waals surface area contributed by atoms with Crippen molar-refractivity contribution in [1.82, 2.24) is 0 Å². The molecule has 0 radical (unpaired) electrons. The van der Waals surface area contributed by atoms with E-state index < -0.39 is 23.8 Å². The molecule has 0 saturated carbocycles. The number of rotatable bonds is 7. The molecule has 1 atom stereocenters. The highest BCUT2D eigenvalue weighted by Crippen LogP contribution is 2.16.